The van der Waals surface area contributed by atoms with E-state index in [1.54, 1.807) is 12.4 Å². The number of likely N-dealkylation sites (tertiary alicyclic amines) is 1. The van der Waals surface area contributed by atoms with Crippen molar-refractivity contribution in [3.8, 4) is 0 Å². The quantitative estimate of drug-likeness (QED) is 0.824. The van der Waals surface area contributed by atoms with Gasteiger partial charge < -0.3 is 10.8 Å². The molecular weight excluding hydrogens is 244 g/mol. The Hall–Kier alpha value is -1.69. The normalized spacial score (nSPS) is 23.6. The fourth-order valence-corrected chi connectivity index (χ4v) is 2.74. The van der Waals surface area contributed by atoms with Gasteiger partial charge in [-0.3, -0.25) is 9.69 Å². The van der Waals surface area contributed by atoms with Crippen LogP contribution in [0.25, 0.3) is 0 Å². The standard InChI is InChI=1S/C13H20N4O2/c1-2-3-10-7-17(8-11(10)12(18)19)6-9-4-15-13(14)16-5-9/h4-5,10-11H,2-3,6-8H2,1H3,(H,18,19)(H2,14,15,16)/t10-,11-/m1/s1. The molecular formula is C13H20N4O2. The molecule has 19 heavy (non-hydrogen) atoms. The molecule has 0 radical (unpaired) electrons. The van der Waals surface area contributed by atoms with Crippen molar-refractivity contribution < 1.29 is 9.90 Å². The molecule has 1 aliphatic heterocycles. The maximum absolute atomic E-state index is 11.3. The predicted molar refractivity (Wildman–Crippen MR) is 71.2 cm³/mol. The first-order valence-corrected chi connectivity index (χ1v) is 6.61. The molecule has 1 fully saturated rings. The zero-order valence-electron chi connectivity index (χ0n) is 11.1. The summed E-state index contributed by atoms with van der Waals surface area (Å²) in [6, 6.07) is 0. The molecule has 3 N–H and O–H groups in total. The van der Waals surface area contributed by atoms with E-state index in [0.717, 1.165) is 24.9 Å². The highest BCUT2D eigenvalue weighted by molar-refractivity contribution is 5.71. The third-order valence-electron chi connectivity index (χ3n) is 3.62. The van der Waals surface area contributed by atoms with Crippen molar-refractivity contribution >= 4 is 11.9 Å². The summed E-state index contributed by atoms with van der Waals surface area (Å²) >= 11 is 0. The van der Waals surface area contributed by atoms with Gasteiger partial charge in [-0.2, -0.15) is 0 Å². The summed E-state index contributed by atoms with van der Waals surface area (Å²) in [4.78, 5) is 21.3. The Labute approximate surface area is 112 Å². The summed E-state index contributed by atoms with van der Waals surface area (Å²) in [6.45, 7) is 4.21. The number of nitrogens with two attached hydrogens (primary N) is 1. The minimum atomic E-state index is -0.686. The maximum atomic E-state index is 11.3. The molecule has 0 saturated carbocycles. The number of carboxylic acid groups (broad SMARTS) is 1. The Morgan fingerprint density at radius 3 is 2.74 bits per heavy atom. The van der Waals surface area contributed by atoms with Crippen molar-refractivity contribution in [2.75, 3.05) is 18.8 Å². The fraction of sp³-hybridized carbons (Fsp3) is 0.615. The Bertz CT molecular complexity index is 435. The highest BCUT2D eigenvalue weighted by Gasteiger charge is 2.36. The van der Waals surface area contributed by atoms with E-state index in [1.165, 1.54) is 0 Å². The molecule has 0 unspecified atom stereocenters. The first-order chi connectivity index (χ1) is 9.10. The number of aromatic nitrogens is 2. The van der Waals surface area contributed by atoms with Crippen molar-refractivity contribution in [2.24, 2.45) is 11.8 Å². The van der Waals surface area contributed by atoms with E-state index < -0.39 is 5.97 Å². The van der Waals surface area contributed by atoms with Crippen LogP contribution < -0.4 is 5.73 Å². The van der Waals surface area contributed by atoms with Gasteiger partial charge in [-0.1, -0.05) is 13.3 Å². The van der Waals surface area contributed by atoms with Crippen LogP contribution in [0.5, 0.6) is 0 Å². The van der Waals surface area contributed by atoms with Crippen LogP contribution in [0.2, 0.25) is 0 Å². The van der Waals surface area contributed by atoms with Crippen LogP contribution in [0.15, 0.2) is 12.4 Å². The molecule has 0 amide bonds. The minimum absolute atomic E-state index is 0.247. The second-order valence-electron chi connectivity index (χ2n) is 5.14. The zero-order valence-corrected chi connectivity index (χ0v) is 11.1. The number of nitrogen functional groups attached to an aromatic ring is 1. The molecule has 0 aliphatic carbocycles. The lowest BCUT2D eigenvalue weighted by molar-refractivity contribution is -0.142. The van der Waals surface area contributed by atoms with E-state index in [2.05, 4.69) is 21.8 Å². The fourth-order valence-electron chi connectivity index (χ4n) is 2.74. The number of carbonyl (C=O) groups is 1. The molecule has 6 heteroatoms. The summed E-state index contributed by atoms with van der Waals surface area (Å²) in [5.41, 5.74) is 6.41. The summed E-state index contributed by atoms with van der Waals surface area (Å²) < 4.78 is 0. The number of hydrogen-bond acceptors (Lipinski definition) is 5. The van der Waals surface area contributed by atoms with E-state index in [-0.39, 0.29) is 17.8 Å². The predicted octanol–water partition coefficient (Wildman–Crippen LogP) is 0.992. The second-order valence-corrected chi connectivity index (χ2v) is 5.14. The molecule has 1 aromatic rings. The summed E-state index contributed by atoms with van der Waals surface area (Å²) in [6.07, 6.45) is 5.38. The Kier molecular flexibility index (Phi) is 4.31. The molecule has 0 bridgehead atoms. The van der Waals surface area contributed by atoms with Crippen LogP contribution in [-0.4, -0.2) is 39.0 Å². The molecule has 1 aliphatic rings. The van der Waals surface area contributed by atoms with Crippen LogP contribution in [0.3, 0.4) is 0 Å². The second kappa shape index (κ2) is 5.97. The van der Waals surface area contributed by atoms with E-state index in [9.17, 15) is 9.90 Å². The lowest BCUT2D eigenvalue weighted by Gasteiger charge is -2.15. The summed E-state index contributed by atoms with van der Waals surface area (Å²) in [5, 5.41) is 9.26. The summed E-state index contributed by atoms with van der Waals surface area (Å²) in [5.74, 6) is -0.432. The average Bonchev–Trinajstić information content (AvgIpc) is 2.76. The molecule has 2 rings (SSSR count). The first kappa shape index (κ1) is 13.7. The van der Waals surface area contributed by atoms with Gasteiger partial charge in [-0.05, 0) is 12.3 Å². The van der Waals surface area contributed by atoms with E-state index in [0.29, 0.717) is 13.1 Å². The topological polar surface area (TPSA) is 92.3 Å². The number of nitrogens with zero attached hydrogens (tertiary/aromatic N) is 3. The number of carboxylic acids is 1. The molecule has 0 aromatic carbocycles. The van der Waals surface area contributed by atoms with Gasteiger partial charge in [-0.15, -0.1) is 0 Å². The molecule has 1 saturated heterocycles. The number of rotatable bonds is 5. The van der Waals surface area contributed by atoms with Gasteiger partial charge >= 0.3 is 5.97 Å². The zero-order chi connectivity index (χ0) is 13.8. The monoisotopic (exact) mass is 264 g/mol. The van der Waals surface area contributed by atoms with Gasteiger partial charge in [0.15, 0.2) is 0 Å². The van der Waals surface area contributed by atoms with E-state index >= 15 is 0 Å². The minimum Gasteiger partial charge on any atom is -0.481 e. The van der Waals surface area contributed by atoms with Crippen molar-refractivity contribution in [3.05, 3.63) is 18.0 Å². The summed E-state index contributed by atoms with van der Waals surface area (Å²) in [7, 11) is 0. The van der Waals surface area contributed by atoms with Crippen LogP contribution in [-0.2, 0) is 11.3 Å². The van der Waals surface area contributed by atoms with Gasteiger partial charge in [0.05, 0.1) is 5.92 Å². The van der Waals surface area contributed by atoms with Gasteiger partial charge in [0.2, 0.25) is 5.95 Å². The van der Waals surface area contributed by atoms with Gasteiger partial charge in [0, 0.05) is 37.6 Å². The van der Waals surface area contributed by atoms with E-state index in [1.807, 2.05) is 0 Å². The first-order valence-electron chi connectivity index (χ1n) is 6.61. The van der Waals surface area contributed by atoms with Crippen molar-refractivity contribution in [1.82, 2.24) is 14.9 Å². The van der Waals surface area contributed by atoms with Crippen molar-refractivity contribution in [2.45, 2.75) is 26.3 Å². The molecule has 104 valence electrons. The molecule has 2 heterocycles. The smallest absolute Gasteiger partial charge is 0.308 e. The lowest BCUT2D eigenvalue weighted by atomic mass is 9.92. The average molecular weight is 264 g/mol. The Morgan fingerprint density at radius 2 is 2.16 bits per heavy atom. The lowest BCUT2D eigenvalue weighted by Crippen LogP contribution is -2.23. The van der Waals surface area contributed by atoms with Gasteiger partial charge in [-0.25, -0.2) is 9.97 Å². The molecule has 0 spiro atoms. The van der Waals surface area contributed by atoms with E-state index in [4.69, 9.17) is 5.73 Å². The Morgan fingerprint density at radius 1 is 1.47 bits per heavy atom. The third kappa shape index (κ3) is 3.41. The van der Waals surface area contributed by atoms with Crippen molar-refractivity contribution in [3.63, 3.8) is 0 Å². The molecule has 2 atom stereocenters. The molecule has 1 aromatic heterocycles. The van der Waals surface area contributed by atoms with Crippen LogP contribution in [0.1, 0.15) is 25.3 Å². The molecule has 6 nitrogen and oxygen atoms in total. The van der Waals surface area contributed by atoms with Crippen LogP contribution >= 0.6 is 0 Å². The van der Waals surface area contributed by atoms with Crippen molar-refractivity contribution in [1.29, 1.82) is 0 Å². The number of aliphatic carboxylic acids is 1. The highest BCUT2D eigenvalue weighted by atomic mass is 16.4. The van der Waals surface area contributed by atoms with Crippen LogP contribution in [0.4, 0.5) is 5.95 Å². The van der Waals surface area contributed by atoms with Gasteiger partial charge in [0.25, 0.3) is 0 Å². The number of hydrogen-bond donors (Lipinski definition) is 2. The highest BCUT2D eigenvalue weighted by Crippen LogP contribution is 2.28. The Balaban J connectivity index is 1.99. The maximum Gasteiger partial charge on any atom is 0.308 e. The third-order valence-corrected chi connectivity index (χ3v) is 3.62. The number of anilines is 1. The van der Waals surface area contributed by atoms with Crippen LogP contribution in [0, 0.1) is 11.8 Å². The van der Waals surface area contributed by atoms with Gasteiger partial charge in [0.1, 0.15) is 0 Å². The SMILES string of the molecule is CCC[C@@H]1CN(Cc2cnc(N)nc2)C[C@H]1C(=O)O. The largest absolute Gasteiger partial charge is 0.481 e.